The Labute approximate surface area is 97.0 Å². The Balaban J connectivity index is 2.54. The van der Waals surface area contributed by atoms with Crippen molar-refractivity contribution in [2.24, 2.45) is 0 Å². The molecule has 4 nitrogen and oxygen atoms in total. The van der Waals surface area contributed by atoms with Crippen molar-refractivity contribution in [1.82, 2.24) is 5.32 Å². The molecule has 0 spiro atoms. The number of rotatable bonds is 7. The van der Waals surface area contributed by atoms with Gasteiger partial charge in [-0.1, -0.05) is 32.6 Å². The molecule has 16 heavy (non-hydrogen) atoms. The molecule has 0 saturated heterocycles. The number of nitrogens with one attached hydrogen (secondary N) is 1. The van der Waals surface area contributed by atoms with E-state index < -0.39 is 12.0 Å². The third-order valence-electron chi connectivity index (χ3n) is 3.49. The molecule has 4 heteroatoms. The van der Waals surface area contributed by atoms with E-state index in [4.69, 9.17) is 5.11 Å². The van der Waals surface area contributed by atoms with Crippen molar-refractivity contribution in [3.05, 3.63) is 0 Å². The van der Waals surface area contributed by atoms with E-state index in [1.165, 1.54) is 0 Å². The number of carbonyl (C=O) groups is 1. The van der Waals surface area contributed by atoms with Gasteiger partial charge in [-0.3, -0.25) is 10.1 Å². The van der Waals surface area contributed by atoms with Crippen LogP contribution in [0.5, 0.6) is 0 Å². The normalized spacial score (nSPS) is 20.9. The summed E-state index contributed by atoms with van der Waals surface area (Å²) in [6, 6.07) is -0.509. The third-order valence-corrected chi connectivity index (χ3v) is 3.49. The molecule has 0 aliphatic heterocycles. The van der Waals surface area contributed by atoms with Crippen LogP contribution in [0.15, 0.2) is 0 Å². The van der Waals surface area contributed by atoms with Gasteiger partial charge in [-0.2, -0.15) is 0 Å². The first-order valence-electron chi connectivity index (χ1n) is 6.25. The molecule has 1 aliphatic rings. The minimum Gasteiger partial charge on any atom is -0.480 e. The number of carboxylic acid groups (broad SMARTS) is 1. The lowest BCUT2D eigenvalue weighted by molar-refractivity contribution is -0.140. The maximum absolute atomic E-state index is 11.1. The maximum Gasteiger partial charge on any atom is 0.320 e. The first-order valence-corrected chi connectivity index (χ1v) is 6.25. The summed E-state index contributed by atoms with van der Waals surface area (Å²) in [7, 11) is 0. The molecule has 1 atom stereocenters. The Morgan fingerprint density at radius 2 is 2.06 bits per heavy atom. The molecular formula is C12H23NO3. The largest absolute Gasteiger partial charge is 0.480 e. The van der Waals surface area contributed by atoms with E-state index in [0.29, 0.717) is 6.42 Å². The van der Waals surface area contributed by atoms with E-state index in [1.54, 1.807) is 0 Å². The fraction of sp³-hybridized carbons (Fsp3) is 0.917. The summed E-state index contributed by atoms with van der Waals surface area (Å²) in [6.07, 6.45) is 6.48. The average Bonchev–Trinajstić information content (AvgIpc) is 2.73. The van der Waals surface area contributed by atoms with Crippen LogP contribution in [-0.2, 0) is 4.79 Å². The van der Waals surface area contributed by atoms with Crippen LogP contribution < -0.4 is 5.32 Å². The van der Waals surface area contributed by atoms with E-state index in [-0.39, 0.29) is 12.1 Å². The van der Waals surface area contributed by atoms with Gasteiger partial charge in [0, 0.05) is 5.54 Å². The lowest BCUT2D eigenvalue weighted by atomic mass is 9.96. The topological polar surface area (TPSA) is 69.6 Å². The Morgan fingerprint density at radius 1 is 1.44 bits per heavy atom. The van der Waals surface area contributed by atoms with Gasteiger partial charge < -0.3 is 10.2 Å². The van der Waals surface area contributed by atoms with Gasteiger partial charge >= 0.3 is 5.97 Å². The Hall–Kier alpha value is -0.610. The summed E-state index contributed by atoms with van der Waals surface area (Å²) >= 11 is 0. The second kappa shape index (κ2) is 6.21. The second-order valence-electron chi connectivity index (χ2n) is 4.82. The van der Waals surface area contributed by atoms with Gasteiger partial charge in [0.1, 0.15) is 6.04 Å². The molecule has 0 heterocycles. The van der Waals surface area contributed by atoms with Crippen LogP contribution in [0.4, 0.5) is 0 Å². The smallest absolute Gasteiger partial charge is 0.320 e. The monoisotopic (exact) mass is 229 g/mol. The molecule has 1 fully saturated rings. The predicted molar refractivity (Wildman–Crippen MR) is 62.4 cm³/mol. The van der Waals surface area contributed by atoms with Gasteiger partial charge in [0.05, 0.1) is 6.61 Å². The number of aliphatic hydroxyl groups is 1. The molecular weight excluding hydrogens is 206 g/mol. The minimum absolute atomic E-state index is 0.0445. The van der Waals surface area contributed by atoms with Crippen molar-refractivity contribution in [1.29, 1.82) is 0 Å². The lowest BCUT2D eigenvalue weighted by Crippen LogP contribution is -2.53. The molecule has 0 aromatic rings. The van der Waals surface area contributed by atoms with Crippen molar-refractivity contribution < 1.29 is 15.0 Å². The van der Waals surface area contributed by atoms with Crippen LogP contribution in [-0.4, -0.2) is 34.4 Å². The van der Waals surface area contributed by atoms with Crippen LogP contribution in [0.1, 0.15) is 51.9 Å². The first-order chi connectivity index (χ1) is 7.63. The van der Waals surface area contributed by atoms with E-state index in [1.807, 2.05) is 0 Å². The van der Waals surface area contributed by atoms with Gasteiger partial charge in [0.2, 0.25) is 0 Å². The molecule has 0 radical (unpaired) electrons. The SMILES string of the molecule is CCCCC(NC1(CO)CCCC1)C(=O)O. The van der Waals surface area contributed by atoms with E-state index in [0.717, 1.165) is 38.5 Å². The second-order valence-corrected chi connectivity index (χ2v) is 4.82. The molecule has 1 aliphatic carbocycles. The fourth-order valence-corrected chi connectivity index (χ4v) is 2.44. The fourth-order valence-electron chi connectivity index (χ4n) is 2.44. The minimum atomic E-state index is -0.798. The van der Waals surface area contributed by atoms with Crippen LogP contribution in [0.2, 0.25) is 0 Å². The summed E-state index contributed by atoms with van der Waals surface area (Å²) in [5, 5.41) is 21.7. The van der Waals surface area contributed by atoms with Crippen LogP contribution in [0, 0.1) is 0 Å². The van der Waals surface area contributed by atoms with Gasteiger partial charge in [0.15, 0.2) is 0 Å². The summed E-state index contributed by atoms with van der Waals surface area (Å²) in [5.74, 6) is -0.798. The number of hydrogen-bond acceptors (Lipinski definition) is 3. The standard InChI is InChI=1S/C12H23NO3/c1-2-3-6-10(11(15)16)13-12(9-14)7-4-5-8-12/h10,13-14H,2-9H2,1H3,(H,15,16). The zero-order valence-corrected chi connectivity index (χ0v) is 10.0. The molecule has 0 bridgehead atoms. The van der Waals surface area contributed by atoms with E-state index >= 15 is 0 Å². The Morgan fingerprint density at radius 3 is 2.50 bits per heavy atom. The summed E-state index contributed by atoms with van der Waals surface area (Å²) < 4.78 is 0. The van der Waals surface area contributed by atoms with Gasteiger partial charge in [-0.15, -0.1) is 0 Å². The van der Waals surface area contributed by atoms with Crippen molar-refractivity contribution in [3.8, 4) is 0 Å². The van der Waals surface area contributed by atoms with Gasteiger partial charge in [-0.25, -0.2) is 0 Å². The van der Waals surface area contributed by atoms with E-state index in [2.05, 4.69) is 12.2 Å². The van der Waals surface area contributed by atoms with Crippen LogP contribution in [0.3, 0.4) is 0 Å². The number of aliphatic carboxylic acids is 1. The molecule has 3 N–H and O–H groups in total. The van der Waals surface area contributed by atoms with Crippen molar-refractivity contribution in [2.45, 2.75) is 63.5 Å². The molecule has 1 unspecified atom stereocenters. The molecule has 0 amide bonds. The Bertz CT molecular complexity index is 224. The summed E-state index contributed by atoms with van der Waals surface area (Å²) in [6.45, 7) is 2.10. The first kappa shape index (κ1) is 13.5. The molecule has 0 aromatic carbocycles. The predicted octanol–water partition coefficient (Wildman–Crippen LogP) is 1.52. The number of carboxylic acids is 1. The molecule has 1 saturated carbocycles. The highest BCUT2D eigenvalue weighted by Gasteiger charge is 2.36. The highest BCUT2D eigenvalue weighted by Crippen LogP contribution is 2.30. The Kier molecular flexibility index (Phi) is 5.22. The van der Waals surface area contributed by atoms with Crippen LogP contribution in [0.25, 0.3) is 0 Å². The molecule has 94 valence electrons. The van der Waals surface area contributed by atoms with Gasteiger partial charge in [-0.05, 0) is 19.3 Å². The molecule has 1 rings (SSSR count). The highest BCUT2D eigenvalue weighted by molar-refractivity contribution is 5.73. The summed E-state index contributed by atoms with van der Waals surface area (Å²) in [4.78, 5) is 11.1. The zero-order chi connectivity index (χ0) is 12.0. The zero-order valence-electron chi connectivity index (χ0n) is 10.0. The highest BCUT2D eigenvalue weighted by atomic mass is 16.4. The number of aliphatic hydroxyl groups excluding tert-OH is 1. The average molecular weight is 229 g/mol. The lowest BCUT2D eigenvalue weighted by Gasteiger charge is -2.31. The van der Waals surface area contributed by atoms with E-state index in [9.17, 15) is 9.90 Å². The van der Waals surface area contributed by atoms with Crippen molar-refractivity contribution in [3.63, 3.8) is 0 Å². The third kappa shape index (κ3) is 3.46. The summed E-state index contributed by atoms with van der Waals surface area (Å²) in [5.41, 5.74) is -0.337. The van der Waals surface area contributed by atoms with Crippen LogP contribution >= 0.6 is 0 Å². The van der Waals surface area contributed by atoms with Crippen molar-refractivity contribution in [2.75, 3.05) is 6.61 Å². The number of unbranched alkanes of at least 4 members (excludes halogenated alkanes) is 1. The quantitative estimate of drug-likeness (QED) is 0.619. The van der Waals surface area contributed by atoms with Gasteiger partial charge in [0.25, 0.3) is 0 Å². The maximum atomic E-state index is 11.1. The number of hydrogen-bond donors (Lipinski definition) is 3. The van der Waals surface area contributed by atoms with Crippen molar-refractivity contribution >= 4 is 5.97 Å². The molecule has 0 aromatic heterocycles.